The first-order valence-electron chi connectivity index (χ1n) is 8.93. The van der Waals surface area contributed by atoms with Crippen LogP contribution in [0.1, 0.15) is 33.0 Å². The topological polar surface area (TPSA) is 70.4 Å². The lowest BCUT2D eigenvalue weighted by atomic mass is 9.97. The van der Waals surface area contributed by atoms with Crippen molar-refractivity contribution in [1.82, 2.24) is 9.55 Å². The number of benzene rings is 1. The van der Waals surface area contributed by atoms with E-state index in [0.29, 0.717) is 5.69 Å². The van der Waals surface area contributed by atoms with Crippen LogP contribution in [0.15, 0.2) is 36.7 Å². The van der Waals surface area contributed by atoms with Gasteiger partial charge in [0, 0.05) is 43.4 Å². The van der Waals surface area contributed by atoms with E-state index in [0.717, 1.165) is 23.0 Å². The Bertz CT molecular complexity index is 802. The van der Waals surface area contributed by atoms with E-state index in [-0.39, 0.29) is 6.04 Å². The molecule has 2 N–H and O–H groups in total. The molecule has 0 bridgehead atoms. The van der Waals surface area contributed by atoms with Crippen LogP contribution in [0, 0.1) is 0 Å². The molecule has 6 nitrogen and oxygen atoms in total. The van der Waals surface area contributed by atoms with Gasteiger partial charge in [-0.2, -0.15) is 13.2 Å². The molecule has 0 saturated heterocycles. The number of carbonyl (C=O) groups excluding carboxylic acids is 1. The molecule has 0 saturated carbocycles. The second kappa shape index (κ2) is 8.22. The van der Waals surface area contributed by atoms with Crippen LogP contribution in [0.3, 0.4) is 0 Å². The molecule has 28 heavy (non-hydrogen) atoms. The van der Waals surface area contributed by atoms with E-state index in [2.05, 4.69) is 29.0 Å². The summed E-state index contributed by atoms with van der Waals surface area (Å²) in [5.41, 5.74) is -2.10. The molecule has 1 heterocycles. The lowest BCUT2D eigenvalue weighted by Gasteiger charge is -2.29. The van der Waals surface area contributed by atoms with Gasteiger partial charge >= 0.3 is 6.18 Å². The number of rotatable bonds is 7. The first-order valence-corrected chi connectivity index (χ1v) is 8.93. The zero-order valence-corrected chi connectivity index (χ0v) is 16.3. The second-order valence-electron chi connectivity index (χ2n) is 6.87. The lowest BCUT2D eigenvalue weighted by molar-refractivity contribution is -0.270. The minimum absolute atomic E-state index is 0.282. The molecule has 2 rings (SSSR count). The molecule has 1 unspecified atom stereocenters. The third-order valence-corrected chi connectivity index (χ3v) is 4.52. The Labute approximate surface area is 162 Å². The molecule has 0 aliphatic heterocycles. The average Bonchev–Trinajstić information content (AvgIpc) is 3.02. The Kier molecular flexibility index (Phi) is 6.38. The molecule has 2 aromatic rings. The molecular formula is C19H25F3N4O2. The fraction of sp³-hybridized carbons (Fsp3) is 0.474. The Morgan fingerprint density at radius 1 is 1.29 bits per heavy atom. The molecule has 0 fully saturated rings. The van der Waals surface area contributed by atoms with Crippen molar-refractivity contribution < 1.29 is 23.1 Å². The van der Waals surface area contributed by atoms with Crippen molar-refractivity contribution >= 4 is 17.3 Å². The smallest absolute Gasteiger partial charge is 0.374 e. The maximum absolute atomic E-state index is 13.5. The predicted molar refractivity (Wildman–Crippen MR) is 101 cm³/mol. The number of anilines is 2. The molecule has 1 amide bonds. The largest absolute Gasteiger partial charge is 0.425 e. The van der Waals surface area contributed by atoms with Gasteiger partial charge < -0.3 is 19.9 Å². The fourth-order valence-corrected chi connectivity index (χ4v) is 3.09. The number of imidazole rings is 1. The van der Waals surface area contributed by atoms with Gasteiger partial charge in [0.2, 0.25) is 11.5 Å². The first kappa shape index (κ1) is 21.7. The second-order valence-corrected chi connectivity index (χ2v) is 6.87. The molecule has 1 atom stereocenters. The molecular weight excluding hydrogens is 373 g/mol. The number of hydrogen-bond donors (Lipinski definition) is 2. The molecule has 0 aliphatic carbocycles. The van der Waals surface area contributed by atoms with E-state index >= 15 is 0 Å². The quantitative estimate of drug-likeness (QED) is 0.750. The minimum atomic E-state index is -5.06. The highest BCUT2D eigenvalue weighted by Gasteiger charge is 2.58. The van der Waals surface area contributed by atoms with E-state index in [4.69, 9.17) is 0 Å². The highest BCUT2D eigenvalue weighted by Crippen LogP contribution is 2.40. The van der Waals surface area contributed by atoms with Crippen molar-refractivity contribution in [2.24, 2.45) is 7.05 Å². The number of nitrogens with one attached hydrogen (secondary N) is 1. The summed E-state index contributed by atoms with van der Waals surface area (Å²) in [6.07, 6.45) is -3.85. The number of aromatic nitrogens is 2. The summed E-state index contributed by atoms with van der Waals surface area (Å²) in [6.45, 7) is 6.92. The highest BCUT2D eigenvalue weighted by molar-refractivity contribution is 5.91. The van der Waals surface area contributed by atoms with Gasteiger partial charge in [0.1, 0.15) is 0 Å². The van der Waals surface area contributed by atoms with E-state index < -0.39 is 29.9 Å². The van der Waals surface area contributed by atoms with Crippen molar-refractivity contribution in [3.8, 4) is 0 Å². The molecule has 0 radical (unpaired) electrons. The van der Waals surface area contributed by atoms with Gasteiger partial charge in [0.15, 0.2) is 5.82 Å². The van der Waals surface area contributed by atoms with Gasteiger partial charge in [-0.15, -0.1) is 0 Å². The minimum Gasteiger partial charge on any atom is -0.374 e. The number of aliphatic hydroxyl groups is 1. The van der Waals surface area contributed by atoms with E-state index in [1.807, 2.05) is 6.92 Å². The van der Waals surface area contributed by atoms with Crippen LogP contribution in [-0.4, -0.2) is 39.3 Å². The monoisotopic (exact) mass is 398 g/mol. The van der Waals surface area contributed by atoms with Crippen LogP contribution >= 0.6 is 0 Å². The van der Waals surface area contributed by atoms with Crippen molar-refractivity contribution in [2.45, 2.75) is 45.0 Å². The average molecular weight is 398 g/mol. The van der Waals surface area contributed by atoms with Crippen LogP contribution < -0.4 is 10.2 Å². The van der Waals surface area contributed by atoms with Crippen molar-refractivity contribution in [3.63, 3.8) is 0 Å². The number of nitrogens with zero attached hydrogens (tertiary/aromatic N) is 3. The maximum Gasteiger partial charge on any atom is 0.425 e. The van der Waals surface area contributed by atoms with Crippen LogP contribution in [0.2, 0.25) is 0 Å². The number of alkyl halides is 3. The Morgan fingerprint density at radius 3 is 2.32 bits per heavy atom. The first-order chi connectivity index (χ1) is 13.0. The summed E-state index contributed by atoms with van der Waals surface area (Å²) in [7, 11) is 1.32. The number of carbonyl (C=O) groups is 1. The molecule has 154 valence electrons. The zero-order chi connectivity index (χ0) is 21.1. The molecule has 0 spiro atoms. The van der Waals surface area contributed by atoms with E-state index in [1.165, 1.54) is 13.2 Å². The Balaban J connectivity index is 2.17. The molecule has 9 heteroatoms. The maximum atomic E-state index is 13.5. The zero-order valence-electron chi connectivity index (χ0n) is 16.3. The summed E-state index contributed by atoms with van der Waals surface area (Å²) in [5.74, 6) is -1.60. The van der Waals surface area contributed by atoms with Gasteiger partial charge in [-0.05, 0) is 45.0 Å². The number of aryl methyl sites for hydroxylation is 1. The van der Waals surface area contributed by atoms with Crippen molar-refractivity contribution in [2.75, 3.05) is 16.8 Å². The summed E-state index contributed by atoms with van der Waals surface area (Å²) in [5, 5.41) is 12.7. The third-order valence-electron chi connectivity index (χ3n) is 4.52. The number of halogens is 3. The lowest BCUT2D eigenvalue weighted by Crippen LogP contribution is -2.46. The van der Waals surface area contributed by atoms with Gasteiger partial charge in [0.05, 0.1) is 6.42 Å². The predicted octanol–water partition coefficient (Wildman–Crippen LogP) is 3.43. The summed E-state index contributed by atoms with van der Waals surface area (Å²) in [6, 6.07) is 7.09. The van der Waals surface area contributed by atoms with Crippen LogP contribution in [0.5, 0.6) is 0 Å². The van der Waals surface area contributed by atoms with Gasteiger partial charge in [-0.25, -0.2) is 4.98 Å². The molecule has 0 aliphatic rings. The summed E-state index contributed by atoms with van der Waals surface area (Å²) in [4.78, 5) is 18.0. The normalized spacial score (nSPS) is 14.0. The van der Waals surface area contributed by atoms with E-state index in [1.54, 1.807) is 24.3 Å². The van der Waals surface area contributed by atoms with Gasteiger partial charge in [0.25, 0.3) is 0 Å². The summed E-state index contributed by atoms with van der Waals surface area (Å²) < 4.78 is 41.6. The Hall–Kier alpha value is -2.55. The molecule has 1 aromatic carbocycles. The Morgan fingerprint density at radius 2 is 1.89 bits per heavy atom. The van der Waals surface area contributed by atoms with Crippen LogP contribution in [0.25, 0.3) is 0 Å². The SMILES string of the molecule is CCN(c1ccc(NC(=O)CC(O)(c2nccn2C)C(F)(F)F)cc1)C(C)C. The van der Waals surface area contributed by atoms with E-state index in [9.17, 15) is 23.1 Å². The fourth-order valence-electron chi connectivity index (χ4n) is 3.09. The summed E-state index contributed by atoms with van der Waals surface area (Å²) >= 11 is 0. The molecule has 1 aromatic heterocycles. The third kappa shape index (κ3) is 4.46. The van der Waals surface area contributed by atoms with Crippen molar-refractivity contribution in [1.29, 1.82) is 0 Å². The number of hydrogen-bond acceptors (Lipinski definition) is 4. The van der Waals surface area contributed by atoms with Gasteiger partial charge in [-0.3, -0.25) is 4.79 Å². The standard InChI is InChI=1S/C19H25F3N4O2/c1-5-26(13(2)3)15-8-6-14(7-9-15)24-16(27)12-18(28,19(20,21)22)17-23-10-11-25(17)4/h6-11,13,28H,5,12H2,1-4H3,(H,24,27). The van der Waals surface area contributed by atoms with Crippen molar-refractivity contribution in [3.05, 3.63) is 42.5 Å². The van der Waals surface area contributed by atoms with Crippen LogP contribution in [0.4, 0.5) is 24.5 Å². The number of amides is 1. The van der Waals surface area contributed by atoms with Gasteiger partial charge in [-0.1, -0.05) is 0 Å². The van der Waals surface area contributed by atoms with Crippen LogP contribution in [-0.2, 0) is 17.4 Å². The highest BCUT2D eigenvalue weighted by atomic mass is 19.4.